The highest BCUT2D eigenvalue weighted by atomic mass is 16.1. The molecule has 0 saturated carbocycles. The molecule has 0 aliphatic rings. The Morgan fingerprint density at radius 3 is 2.85 bits per heavy atom. The third kappa shape index (κ3) is 2.99. The maximum absolute atomic E-state index is 11.5. The Hall–Kier alpha value is -1.15. The van der Waals surface area contributed by atoms with Gasteiger partial charge in [0.15, 0.2) is 5.78 Å². The maximum Gasteiger partial charge on any atom is 0.176 e. The first-order valence-electron chi connectivity index (χ1n) is 4.54. The average molecular weight is 177 g/mol. The number of carbonyl (C=O) groups excluding carboxylic acids is 1. The summed E-state index contributed by atoms with van der Waals surface area (Å²) in [5, 5.41) is 3.02. The summed E-state index contributed by atoms with van der Waals surface area (Å²) in [5.74, 6) is 0.158. The summed E-state index contributed by atoms with van der Waals surface area (Å²) < 4.78 is 0. The summed E-state index contributed by atoms with van der Waals surface area (Å²) in [5.41, 5.74) is 1.92. The van der Waals surface area contributed by atoms with Crippen LogP contribution in [0.15, 0.2) is 24.3 Å². The third-order valence-corrected chi connectivity index (χ3v) is 1.88. The molecular weight excluding hydrogens is 162 g/mol. The van der Waals surface area contributed by atoms with E-state index in [0.29, 0.717) is 6.54 Å². The number of rotatable bonds is 4. The molecule has 1 aromatic rings. The number of carbonyl (C=O) groups is 1. The fourth-order valence-electron chi connectivity index (χ4n) is 1.16. The van der Waals surface area contributed by atoms with E-state index in [9.17, 15) is 4.79 Å². The van der Waals surface area contributed by atoms with Crippen LogP contribution in [-0.2, 0) is 0 Å². The summed E-state index contributed by atoms with van der Waals surface area (Å²) in [6.07, 6.45) is 0. The van der Waals surface area contributed by atoms with Crippen LogP contribution in [0, 0.1) is 6.92 Å². The Balaban J connectivity index is 2.66. The number of likely N-dealkylation sites (N-methyl/N-ethyl adjacent to an activating group) is 1. The number of ketones is 1. The van der Waals surface area contributed by atoms with Gasteiger partial charge in [-0.1, -0.05) is 30.7 Å². The Morgan fingerprint density at radius 2 is 2.23 bits per heavy atom. The van der Waals surface area contributed by atoms with Crippen LogP contribution in [0.1, 0.15) is 22.8 Å². The molecule has 1 rings (SSSR count). The molecule has 0 fully saturated rings. The topological polar surface area (TPSA) is 29.1 Å². The van der Waals surface area contributed by atoms with Crippen molar-refractivity contribution in [3.8, 4) is 0 Å². The molecule has 70 valence electrons. The highest BCUT2D eigenvalue weighted by Gasteiger charge is 2.03. The van der Waals surface area contributed by atoms with E-state index in [-0.39, 0.29) is 5.78 Å². The minimum atomic E-state index is 0.158. The highest BCUT2D eigenvalue weighted by Crippen LogP contribution is 2.03. The third-order valence-electron chi connectivity index (χ3n) is 1.88. The summed E-state index contributed by atoms with van der Waals surface area (Å²) in [7, 11) is 0. The second-order valence-electron chi connectivity index (χ2n) is 3.07. The molecule has 0 radical (unpaired) electrons. The van der Waals surface area contributed by atoms with Crippen molar-refractivity contribution in [2.45, 2.75) is 13.8 Å². The van der Waals surface area contributed by atoms with E-state index < -0.39 is 0 Å². The Bertz CT molecular complexity index is 294. The number of benzene rings is 1. The largest absolute Gasteiger partial charge is 0.310 e. The molecule has 0 saturated heterocycles. The van der Waals surface area contributed by atoms with Crippen molar-refractivity contribution >= 4 is 5.78 Å². The van der Waals surface area contributed by atoms with Crippen molar-refractivity contribution in [3.63, 3.8) is 0 Å². The molecule has 2 heteroatoms. The number of hydrogen-bond donors (Lipinski definition) is 1. The van der Waals surface area contributed by atoms with E-state index in [4.69, 9.17) is 0 Å². The van der Waals surface area contributed by atoms with Crippen molar-refractivity contribution in [2.24, 2.45) is 0 Å². The quantitative estimate of drug-likeness (QED) is 0.710. The van der Waals surface area contributed by atoms with Gasteiger partial charge in [-0.25, -0.2) is 0 Å². The van der Waals surface area contributed by atoms with Crippen molar-refractivity contribution in [2.75, 3.05) is 13.1 Å². The lowest BCUT2D eigenvalue weighted by atomic mass is 10.1. The van der Waals surface area contributed by atoms with Crippen molar-refractivity contribution < 1.29 is 4.79 Å². The summed E-state index contributed by atoms with van der Waals surface area (Å²) >= 11 is 0. The van der Waals surface area contributed by atoms with Crippen molar-refractivity contribution in [3.05, 3.63) is 35.4 Å². The zero-order chi connectivity index (χ0) is 9.68. The predicted molar refractivity (Wildman–Crippen MR) is 54.1 cm³/mol. The van der Waals surface area contributed by atoms with Crippen LogP contribution >= 0.6 is 0 Å². The first kappa shape index (κ1) is 9.93. The zero-order valence-electron chi connectivity index (χ0n) is 8.13. The summed E-state index contributed by atoms with van der Waals surface area (Å²) in [6.45, 7) is 5.24. The molecule has 0 bridgehead atoms. The first-order valence-corrected chi connectivity index (χ1v) is 4.54. The summed E-state index contributed by atoms with van der Waals surface area (Å²) in [4.78, 5) is 11.5. The highest BCUT2D eigenvalue weighted by molar-refractivity contribution is 5.97. The number of Topliss-reactive ketones (excluding diaryl/α,β-unsaturated/α-hetero) is 1. The van der Waals surface area contributed by atoms with E-state index in [1.54, 1.807) is 0 Å². The summed E-state index contributed by atoms with van der Waals surface area (Å²) in [6, 6.07) is 7.67. The average Bonchev–Trinajstić information content (AvgIpc) is 2.14. The lowest BCUT2D eigenvalue weighted by Crippen LogP contribution is -2.22. The lowest BCUT2D eigenvalue weighted by molar-refractivity contribution is 0.0991. The second kappa shape index (κ2) is 4.77. The fraction of sp³-hybridized carbons (Fsp3) is 0.364. The lowest BCUT2D eigenvalue weighted by Gasteiger charge is -2.01. The smallest absolute Gasteiger partial charge is 0.176 e. The Labute approximate surface area is 79.0 Å². The number of nitrogens with one attached hydrogen (secondary N) is 1. The van der Waals surface area contributed by atoms with Gasteiger partial charge in [0.05, 0.1) is 6.54 Å². The van der Waals surface area contributed by atoms with Crippen LogP contribution in [-0.4, -0.2) is 18.9 Å². The van der Waals surface area contributed by atoms with Crippen LogP contribution in [0.2, 0.25) is 0 Å². The minimum Gasteiger partial charge on any atom is -0.310 e. The van der Waals surface area contributed by atoms with E-state index in [0.717, 1.165) is 17.7 Å². The van der Waals surface area contributed by atoms with E-state index in [1.165, 1.54) is 0 Å². The molecule has 0 unspecified atom stereocenters. The second-order valence-corrected chi connectivity index (χ2v) is 3.07. The van der Waals surface area contributed by atoms with Gasteiger partial charge in [-0.15, -0.1) is 0 Å². The van der Waals surface area contributed by atoms with Gasteiger partial charge in [-0.3, -0.25) is 4.79 Å². The van der Waals surface area contributed by atoms with E-state index in [1.807, 2.05) is 38.1 Å². The van der Waals surface area contributed by atoms with Gasteiger partial charge in [-0.05, 0) is 19.5 Å². The van der Waals surface area contributed by atoms with Gasteiger partial charge >= 0.3 is 0 Å². The van der Waals surface area contributed by atoms with Gasteiger partial charge in [0.1, 0.15) is 0 Å². The zero-order valence-corrected chi connectivity index (χ0v) is 8.13. The van der Waals surface area contributed by atoms with Crippen molar-refractivity contribution in [1.29, 1.82) is 0 Å². The molecule has 0 heterocycles. The molecule has 0 spiro atoms. The molecule has 1 N–H and O–H groups in total. The Kier molecular flexibility index (Phi) is 3.65. The van der Waals surface area contributed by atoms with Gasteiger partial charge in [0, 0.05) is 5.56 Å². The molecule has 13 heavy (non-hydrogen) atoms. The van der Waals surface area contributed by atoms with Crippen LogP contribution < -0.4 is 5.32 Å². The fourth-order valence-corrected chi connectivity index (χ4v) is 1.16. The molecule has 1 aromatic carbocycles. The molecule has 0 aromatic heterocycles. The van der Waals surface area contributed by atoms with Crippen LogP contribution in [0.4, 0.5) is 0 Å². The van der Waals surface area contributed by atoms with Crippen LogP contribution in [0.5, 0.6) is 0 Å². The van der Waals surface area contributed by atoms with Gasteiger partial charge < -0.3 is 5.32 Å². The van der Waals surface area contributed by atoms with Crippen molar-refractivity contribution in [1.82, 2.24) is 5.32 Å². The Morgan fingerprint density at radius 1 is 1.46 bits per heavy atom. The van der Waals surface area contributed by atoms with Crippen LogP contribution in [0.3, 0.4) is 0 Å². The molecule has 0 aliphatic carbocycles. The predicted octanol–water partition coefficient (Wildman–Crippen LogP) is 1.79. The number of aryl methyl sites for hydroxylation is 1. The minimum absolute atomic E-state index is 0.158. The molecule has 0 amide bonds. The molecule has 2 nitrogen and oxygen atoms in total. The monoisotopic (exact) mass is 177 g/mol. The van der Waals surface area contributed by atoms with E-state index >= 15 is 0 Å². The van der Waals surface area contributed by atoms with Gasteiger partial charge in [0.25, 0.3) is 0 Å². The van der Waals surface area contributed by atoms with Gasteiger partial charge in [-0.2, -0.15) is 0 Å². The number of hydrogen-bond acceptors (Lipinski definition) is 2. The molecular formula is C11H15NO. The SMILES string of the molecule is CCNCC(=O)c1cccc(C)c1. The standard InChI is InChI=1S/C11H15NO/c1-3-12-8-11(13)10-6-4-5-9(2)7-10/h4-7,12H,3,8H2,1-2H3. The van der Waals surface area contributed by atoms with E-state index in [2.05, 4.69) is 5.32 Å². The van der Waals surface area contributed by atoms with Gasteiger partial charge in [0.2, 0.25) is 0 Å². The molecule has 0 aliphatic heterocycles. The first-order chi connectivity index (χ1) is 6.24. The molecule has 0 atom stereocenters. The normalized spacial score (nSPS) is 10.0. The van der Waals surface area contributed by atoms with Crippen LogP contribution in [0.25, 0.3) is 0 Å². The maximum atomic E-state index is 11.5.